The van der Waals surface area contributed by atoms with Crippen molar-refractivity contribution in [3.8, 4) is 34.0 Å². The maximum atomic E-state index is 5.26. The summed E-state index contributed by atoms with van der Waals surface area (Å²) in [4.78, 5) is 10.4. The van der Waals surface area contributed by atoms with Crippen LogP contribution in [0.25, 0.3) is 109 Å². The molecule has 0 spiro atoms. The van der Waals surface area contributed by atoms with E-state index in [-0.39, 0.29) is 0 Å². The SMILES string of the molecule is c1ccc(-c2nc(-c3cccc(-n4c5ccccc5c5c6c7ccccc7n(-c7ccccc7)c6c6sc7ccccc7c6c54)c3)nc3ccccc23)cc1. The normalized spacial score (nSPS) is 12.0. The van der Waals surface area contributed by atoms with Gasteiger partial charge in [0.25, 0.3) is 0 Å². The van der Waals surface area contributed by atoms with Gasteiger partial charge < -0.3 is 9.13 Å². The van der Waals surface area contributed by atoms with Crippen LogP contribution in [0, 0.1) is 0 Å². The van der Waals surface area contributed by atoms with E-state index in [9.17, 15) is 0 Å². The molecule has 0 aliphatic rings. The fraction of sp³-hybridized carbons (Fsp3) is 0. The Morgan fingerprint density at radius 1 is 0.400 bits per heavy atom. The van der Waals surface area contributed by atoms with E-state index >= 15 is 0 Å². The van der Waals surface area contributed by atoms with Gasteiger partial charge in [-0.15, -0.1) is 11.3 Å². The maximum absolute atomic E-state index is 5.26. The number of nitrogens with zero attached hydrogens (tertiary/aromatic N) is 4. The van der Waals surface area contributed by atoms with Crippen molar-refractivity contribution in [3.05, 3.63) is 182 Å². The highest BCUT2D eigenvalue weighted by Crippen LogP contribution is 2.51. The van der Waals surface area contributed by atoms with Crippen molar-refractivity contribution in [2.45, 2.75) is 0 Å². The van der Waals surface area contributed by atoms with E-state index in [2.05, 4.69) is 179 Å². The zero-order valence-corrected chi connectivity index (χ0v) is 30.3. The Labute approximate surface area is 319 Å². The van der Waals surface area contributed by atoms with E-state index < -0.39 is 0 Å². The quantitative estimate of drug-likeness (QED) is 0.182. The monoisotopic (exact) mass is 718 g/mol. The minimum absolute atomic E-state index is 0.708. The molecule has 0 aliphatic heterocycles. The minimum atomic E-state index is 0.708. The summed E-state index contributed by atoms with van der Waals surface area (Å²) in [5, 5.41) is 8.62. The fourth-order valence-electron chi connectivity index (χ4n) is 8.80. The molecule has 4 heterocycles. The highest BCUT2D eigenvalue weighted by molar-refractivity contribution is 7.27. The number of aromatic nitrogens is 4. The predicted octanol–water partition coefficient (Wildman–Crippen LogP) is 13.5. The summed E-state index contributed by atoms with van der Waals surface area (Å²) in [7, 11) is 0. The van der Waals surface area contributed by atoms with Crippen molar-refractivity contribution >= 4 is 86.0 Å². The van der Waals surface area contributed by atoms with Crippen LogP contribution in [0.3, 0.4) is 0 Å². The number of thiophene rings is 1. The molecular formula is C50H30N4S. The van der Waals surface area contributed by atoms with Crippen molar-refractivity contribution in [1.29, 1.82) is 0 Å². The average Bonchev–Trinajstić information content (AvgIpc) is 3.92. The van der Waals surface area contributed by atoms with Crippen LogP contribution in [0.4, 0.5) is 0 Å². The van der Waals surface area contributed by atoms with Crippen molar-refractivity contribution < 1.29 is 0 Å². The summed E-state index contributed by atoms with van der Waals surface area (Å²) in [6, 6.07) is 65.0. The van der Waals surface area contributed by atoms with Gasteiger partial charge in [0.15, 0.2) is 5.82 Å². The molecule has 0 bridgehead atoms. The summed E-state index contributed by atoms with van der Waals surface area (Å²) < 4.78 is 7.54. The molecule has 0 N–H and O–H groups in total. The number of para-hydroxylation sites is 4. The second kappa shape index (κ2) is 11.7. The Balaban J connectivity index is 1.23. The second-order valence-corrected chi connectivity index (χ2v) is 15.2. The first-order valence-electron chi connectivity index (χ1n) is 18.6. The van der Waals surface area contributed by atoms with Crippen molar-refractivity contribution in [1.82, 2.24) is 19.1 Å². The summed E-state index contributed by atoms with van der Waals surface area (Å²) in [5.74, 6) is 0.708. The van der Waals surface area contributed by atoms with Crippen LogP contribution >= 0.6 is 11.3 Å². The van der Waals surface area contributed by atoms with Crippen LogP contribution < -0.4 is 0 Å². The average molecular weight is 719 g/mol. The van der Waals surface area contributed by atoms with E-state index in [1.54, 1.807) is 0 Å². The molecule has 0 unspecified atom stereocenters. The highest BCUT2D eigenvalue weighted by Gasteiger charge is 2.26. The van der Waals surface area contributed by atoms with Crippen molar-refractivity contribution in [2.24, 2.45) is 0 Å². The van der Waals surface area contributed by atoms with Gasteiger partial charge in [0.1, 0.15) is 0 Å². The smallest absolute Gasteiger partial charge is 0.160 e. The molecule has 0 saturated carbocycles. The molecule has 0 amide bonds. The van der Waals surface area contributed by atoms with Crippen LogP contribution in [0.2, 0.25) is 0 Å². The van der Waals surface area contributed by atoms with Crippen LogP contribution in [-0.2, 0) is 0 Å². The van der Waals surface area contributed by atoms with Gasteiger partial charge in [-0.25, -0.2) is 9.97 Å². The van der Waals surface area contributed by atoms with Gasteiger partial charge in [-0.1, -0.05) is 133 Å². The number of hydrogen-bond donors (Lipinski definition) is 0. The molecule has 12 rings (SSSR count). The summed E-state index contributed by atoms with van der Waals surface area (Å²) >= 11 is 1.89. The predicted molar refractivity (Wildman–Crippen MR) is 232 cm³/mol. The number of benzene rings is 8. The Morgan fingerprint density at radius 2 is 0.964 bits per heavy atom. The maximum Gasteiger partial charge on any atom is 0.160 e. The molecule has 55 heavy (non-hydrogen) atoms. The lowest BCUT2D eigenvalue weighted by Gasteiger charge is -2.13. The van der Waals surface area contributed by atoms with E-state index in [0.29, 0.717) is 5.82 Å². The first-order valence-corrected chi connectivity index (χ1v) is 19.4. The molecule has 0 atom stereocenters. The van der Waals surface area contributed by atoms with Crippen molar-refractivity contribution in [3.63, 3.8) is 0 Å². The molecule has 256 valence electrons. The molecule has 4 aromatic heterocycles. The Hall–Kier alpha value is -7.08. The zero-order chi connectivity index (χ0) is 36.0. The summed E-state index contributed by atoms with van der Waals surface area (Å²) in [6.45, 7) is 0. The van der Waals surface area contributed by atoms with E-state index in [1.807, 2.05) is 23.5 Å². The molecule has 0 saturated heterocycles. The van der Waals surface area contributed by atoms with E-state index in [0.717, 1.165) is 39.1 Å². The minimum Gasteiger partial charge on any atom is -0.309 e. The van der Waals surface area contributed by atoms with Gasteiger partial charge in [-0.2, -0.15) is 0 Å². The molecule has 8 aromatic carbocycles. The standard InChI is InChI=1S/C50H30N4S/c1-3-16-31(17-4-1)46-35-22-7-11-26-39(35)51-50(52-46)32-18-15-21-34(30-32)54-41-28-13-8-23-36(41)43-44-37-24-9-12-27-40(37)53(33-19-5-2-6-20-33)48(44)49-45(47(43)54)38-25-10-14-29-42(38)55-49/h1-30H. The van der Waals surface area contributed by atoms with E-state index in [1.165, 1.54) is 63.8 Å². The molecule has 0 radical (unpaired) electrons. The van der Waals surface area contributed by atoms with Crippen LogP contribution in [0.5, 0.6) is 0 Å². The third kappa shape index (κ3) is 4.39. The lowest BCUT2D eigenvalue weighted by molar-refractivity contribution is 1.17. The summed E-state index contributed by atoms with van der Waals surface area (Å²) in [5.41, 5.74) is 11.0. The van der Waals surface area contributed by atoms with Crippen LogP contribution in [0.1, 0.15) is 0 Å². The molecule has 5 heteroatoms. The summed E-state index contributed by atoms with van der Waals surface area (Å²) in [6.07, 6.45) is 0. The van der Waals surface area contributed by atoms with Crippen molar-refractivity contribution in [2.75, 3.05) is 0 Å². The largest absolute Gasteiger partial charge is 0.309 e. The van der Waals surface area contributed by atoms with Gasteiger partial charge in [0, 0.05) is 64.9 Å². The zero-order valence-electron chi connectivity index (χ0n) is 29.5. The number of rotatable bonds is 4. The molecule has 12 aromatic rings. The fourth-order valence-corrected chi connectivity index (χ4v) is 10.0. The van der Waals surface area contributed by atoms with Gasteiger partial charge >= 0.3 is 0 Å². The Kier molecular flexibility index (Phi) is 6.47. The van der Waals surface area contributed by atoms with Gasteiger partial charge in [-0.05, 0) is 48.5 Å². The Bertz CT molecular complexity index is 3480. The topological polar surface area (TPSA) is 35.6 Å². The van der Waals surface area contributed by atoms with Gasteiger partial charge in [0.05, 0.1) is 38.0 Å². The molecular weight excluding hydrogens is 689 g/mol. The lowest BCUT2D eigenvalue weighted by atomic mass is 10.0. The van der Waals surface area contributed by atoms with Crippen LogP contribution in [-0.4, -0.2) is 19.1 Å². The molecule has 4 nitrogen and oxygen atoms in total. The first kappa shape index (κ1) is 30.4. The number of hydrogen-bond acceptors (Lipinski definition) is 3. The first-order chi connectivity index (χ1) is 27.3. The lowest BCUT2D eigenvalue weighted by Crippen LogP contribution is -1.98. The Morgan fingerprint density at radius 3 is 1.73 bits per heavy atom. The highest BCUT2D eigenvalue weighted by atomic mass is 32.1. The van der Waals surface area contributed by atoms with Gasteiger partial charge in [-0.3, -0.25) is 0 Å². The molecule has 0 aliphatic carbocycles. The van der Waals surface area contributed by atoms with E-state index in [4.69, 9.17) is 9.97 Å². The molecule has 0 fully saturated rings. The van der Waals surface area contributed by atoms with Crippen LogP contribution in [0.15, 0.2) is 182 Å². The number of fused-ring (bicyclic) bond motifs is 13. The third-order valence-corrected chi connectivity index (χ3v) is 12.3. The third-order valence-electron chi connectivity index (χ3n) is 11.1. The van der Waals surface area contributed by atoms with Gasteiger partial charge in [0.2, 0.25) is 0 Å². The second-order valence-electron chi connectivity index (χ2n) is 14.1.